The highest BCUT2D eigenvalue weighted by molar-refractivity contribution is 6.33. The minimum Gasteiger partial charge on any atom is -0.387 e. The van der Waals surface area contributed by atoms with Gasteiger partial charge in [0.1, 0.15) is 0 Å². The first-order valence-corrected chi connectivity index (χ1v) is 10.8. The Kier molecular flexibility index (Phi) is 3.53. The molecule has 3 aromatic carbocycles. The van der Waals surface area contributed by atoms with Gasteiger partial charge in [0, 0.05) is 40.2 Å². The molecule has 2 aromatic heterocycles. The van der Waals surface area contributed by atoms with Crippen LogP contribution in [0.25, 0.3) is 32.9 Å². The van der Waals surface area contributed by atoms with Crippen molar-refractivity contribution in [2.75, 3.05) is 0 Å². The van der Waals surface area contributed by atoms with Crippen molar-refractivity contribution in [3.8, 4) is 11.1 Å². The molecule has 2 aliphatic rings. The van der Waals surface area contributed by atoms with E-state index in [1.807, 2.05) is 48.5 Å². The molecule has 6 nitrogen and oxygen atoms in total. The second kappa shape index (κ2) is 6.37. The van der Waals surface area contributed by atoms with Crippen LogP contribution >= 0.6 is 0 Å². The van der Waals surface area contributed by atoms with E-state index in [0.29, 0.717) is 22.3 Å². The number of imide groups is 1. The molecule has 2 atom stereocenters. The lowest BCUT2D eigenvalue weighted by Crippen LogP contribution is -2.21. The van der Waals surface area contributed by atoms with Crippen LogP contribution in [0.2, 0.25) is 0 Å². The average Bonchev–Trinajstić information content (AvgIpc) is 3.48. The maximum Gasteiger partial charge on any atom is 0.259 e. The smallest absolute Gasteiger partial charge is 0.259 e. The van der Waals surface area contributed by atoms with Gasteiger partial charge in [-0.25, -0.2) is 0 Å². The number of aromatic amines is 1. The number of carbonyl (C=O) groups is 2. The van der Waals surface area contributed by atoms with E-state index in [9.17, 15) is 14.7 Å². The van der Waals surface area contributed by atoms with Crippen LogP contribution in [0, 0.1) is 0 Å². The van der Waals surface area contributed by atoms with Crippen LogP contribution in [0.3, 0.4) is 0 Å². The van der Waals surface area contributed by atoms with Crippen LogP contribution in [0.1, 0.15) is 49.4 Å². The molecule has 0 fully saturated rings. The maximum absolute atomic E-state index is 13.2. The van der Waals surface area contributed by atoms with Gasteiger partial charge in [-0.2, -0.15) is 0 Å². The predicted octanol–water partition coefficient (Wildman–Crippen LogP) is 4.45. The van der Waals surface area contributed by atoms with E-state index >= 15 is 0 Å². The van der Waals surface area contributed by atoms with Crippen LogP contribution in [0.5, 0.6) is 0 Å². The molecule has 3 heterocycles. The highest BCUT2D eigenvalue weighted by Crippen LogP contribution is 2.55. The number of hydrogen-bond acceptors (Lipinski definition) is 4. The van der Waals surface area contributed by atoms with Crippen molar-refractivity contribution < 1.29 is 14.7 Å². The average molecular weight is 431 g/mol. The standard InChI is InChI=1S/C27H17N3O3/c31-25(13-9-11-28-12-10-13)20-15-6-2-1-5-14(15)18-21(20)23-22(26(32)30-27(23)33)19-16-7-3-4-8-17(16)29-24(18)19/h1-12,20,25,29,31H,(H,30,32,33). The van der Waals surface area contributed by atoms with Gasteiger partial charge in [0.15, 0.2) is 0 Å². The third-order valence-electron chi connectivity index (χ3n) is 6.92. The fourth-order valence-corrected chi connectivity index (χ4v) is 5.62. The second-order valence-electron chi connectivity index (χ2n) is 8.53. The van der Waals surface area contributed by atoms with Crippen LogP contribution in [0.4, 0.5) is 0 Å². The summed E-state index contributed by atoms with van der Waals surface area (Å²) in [4.78, 5) is 33.8. The molecule has 158 valence electrons. The highest BCUT2D eigenvalue weighted by Gasteiger charge is 2.44. The lowest BCUT2D eigenvalue weighted by Gasteiger charge is -2.22. The van der Waals surface area contributed by atoms with Crippen molar-refractivity contribution in [3.63, 3.8) is 0 Å². The Morgan fingerprint density at radius 2 is 1.58 bits per heavy atom. The number of carbonyl (C=O) groups excluding carboxylic acids is 2. The van der Waals surface area contributed by atoms with Crippen molar-refractivity contribution >= 4 is 33.6 Å². The number of fused-ring (bicyclic) bond motifs is 10. The molecule has 0 radical (unpaired) electrons. The fraction of sp³-hybridized carbons (Fsp3) is 0.0741. The van der Waals surface area contributed by atoms with Crippen molar-refractivity contribution in [3.05, 3.63) is 101 Å². The maximum atomic E-state index is 13.2. The monoisotopic (exact) mass is 431 g/mol. The largest absolute Gasteiger partial charge is 0.387 e. The topological polar surface area (TPSA) is 95.1 Å². The predicted molar refractivity (Wildman–Crippen MR) is 124 cm³/mol. The fourth-order valence-electron chi connectivity index (χ4n) is 5.62. The van der Waals surface area contributed by atoms with Gasteiger partial charge in [-0.3, -0.25) is 19.9 Å². The normalized spacial score (nSPS) is 17.2. The van der Waals surface area contributed by atoms with Crippen molar-refractivity contribution in [1.82, 2.24) is 15.3 Å². The molecule has 0 saturated heterocycles. The van der Waals surface area contributed by atoms with E-state index in [0.717, 1.165) is 38.5 Å². The Bertz CT molecular complexity index is 1650. The first-order valence-electron chi connectivity index (χ1n) is 10.8. The van der Waals surface area contributed by atoms with Crippen LogP contribution < -0.4 is 5.32 Å². The summed E-state index contributed by atoms with van der Waals surface area (Å²) in [6.45, 7) is 0. The molecule has 2 amide bonds. The van der Waals surface area contributed by atoms with Gasteiger partial charge < -0.3 is 10.1 Å². The highest BCUT2D eigenvalue weighted by atomic mass is 16.3. The quantitative estimate of drug-likeness (QED) is 0.360. The number of aliphatic hydroxyl groups is 1. The number of aliphatic hydroxyl groups excluding tert-OH is 1. The van der Waals surface area contributed by atoms with Gasteiger partial charge in [-0.15, -0.1) is 0 Å². The molecule has 5 aromatic rings. The Hall–Kier alpha value is -4.29. The molecule has 33 heavy (non-hydrogen) atoms. The van der Waals surface area contributed by atoms with Gasteiger partial charge in [-0.1, -0.05) is 42.5 Å². The zero-order chi connectivity index (χ0) is 22.3. The first-order chi connectivity index (χ1) is 16.1. The van der Waals surface area contributed by atoms with E-state index in [2.05, 4.69) is 15.3 Å². The molecule has 3 N–H and O–H groups in total. The van der Waals surface area contributed by atoms with Crippen molar-refractivity contribution in [1.29, 1.82) is 0 Å². The molecule has 1 aliphatic heterocycles. The summed E-state index contributed by atoms with van der Waals surface area (Å²) in [5.41, 5.74) is 6.60. The summed E-state index contributed by atoms with van der Waals surface area (Å²) in [5, 5.41) is 15.7. The van der Waals surface area contributed by atoms with Crippen LogP contribution in [-0.4, -0.2) is 26.9 Å². The van der Waals surface area contributed by atoms with Crippen LogP contribution in [-0.2, 0) is 0 Å². The minimum absolute atomic E-state index is 0.363. The Balaban J connectivity index is 1.67. The minimum atomic E-state index is -0.912. The number of H-pyrrole nitrogens is 1. The number of rotatable bonds is 2. The van der Waals surface area contributed by atoms with Gasteiger partial charge in [0.25, 0.3) is 11.8 Å². The molecular weight excluding hydrogens is 414 g/mol. The zero-order valence-corrected chi connectivity index (χ0v) is 17.3. The van der Waals surface area contributed by atoms with Gasteiger partial charge >= 0.3 is 0 Å². The summed E-state index contributed by atoms with van der Waals surface area (Å²) in [6.07, 6.45) is 2.37. The third kappa shape index (κ3) is 2.28. The molecule has 1 aliphatic carbocycles. The van der Waals surface area contributed by atoms with E-state index in [1.165, 1.54) is 0 Å². The zero-order valence-electron chi connectivity index (χ0n) is 17.3. The lowest BCUT2D eigenvalue weighted by atomic mass is 9.83. The summed E-state index contributed by atoms with van der Waals surface area (Å²) >= 11 is 0. The number of amides is 2. The van der Waals surface area contributed by atoms with E-state index in [1.54, 1.807) is 24.5 Å². The Morgan fingerprint density at radius 1 is 0.848 bits per heavy atom. The molecule has 7 rings (SSSR count). The van der Waals surface area contributed by atoms with Crippen molar-refractivity contribution in [2.45, 2.75) is 12.0 Å². The molecule has 0 saturated carbocycles. The number of nitrogens with zero attached hydrogens (tertiary/aromatic N) is 1. The number of aromatic nitrogens is 2. The Morgan fingerprint density at radius 3 is 2.42 bits per heavy atom. The first kappa shape index (κ1) is 18.3. The molecule has 6 heteroatoms. The molecular formula is C27H17N3O3. The van der Waals surface area contributed by atoms with Gasteiger partial charge in [0.2, 0.25) is 0 Å². The van der Waals surface area contributed by atoms with Gasteiger partial charge in [0.05, 0.1) is 22.7 Å². The molecule has 0 bridgehead atoms. The molecule has 0 spiro atoms. The number of nitrogens with one attached hydrogen (secondary N) is 2. The van der Waals surface area contributed by atoms with E-state index in [-0.39, 0.29) is 0 Å². The molecule has 2 unspecified atom stereocenters. The van der Waals surface area contributed by atoms with Crippen molar-refractivity contribution in [2.24, 2.45) is 0 Å². The Labute approximate surface area is 187 Å². The summed E-state index contributed by atoms with van der Waals surface area (Å²) in [6, 6.07) is 19.2. The number of hydrogen-bond donors (Lipinski definition) is 3. The summed E-state index contributed by atoms with van der Waals surface area (Å²) in [7, 11) is 0. The summed E-state index contributed by atoms with van der Waals surface area (Å²) < 4.78 is 0. The third-order valence-corrected chi connectivity index (χ3v) is 6.92. The summed E-state index contributed by atoms with van der Waals surface area (Å²) in [5.74, 6) is -1.32. The van der Waals surface area contributed by atoms with Gasteiger partial charge in [-0.05, 0) is 40.5 Å². The van der Waals surface area contributed by atoms with Crippen LogP contribution in [0.15, 0.2) is 73.1 Å². The SMILES string of the molecule is O=C1NC(=O)c2c1c1c(c3[nH]c4ccccc4c23)-c2ccccc2C1C(O)c1ccncc1. The van der Waals surface area contributed by atoms with E-state index < -0.39 is 23.8 Å². The second-order valence-corrected chi connectivity index (χ2v) is 8.53. The lowest BCUT2D eigenvalue weighted by molar-refractivity contribution is 0.0879. The number of benzene rings is 3. The number of pyridine rings is 1. The number of para-hydroxylation sites is 1. The van der Waals surface area contributed by atoms with E-state index in [4.69, 9.17) is 0 Å².